The first-order valence-electron chi connectivity index (χ1n) is 8.85. The van der Waals surface area contributed by atoms with Crippen LogP contribution in [-0.2, 0) is 0 Å². The molecule has 1 heterocycles. The van der Waals surface area contributed by atoms with E-state index in [1.807, 2.05) is 18.2 Å². The van der Waals surface area contributed by atoms with Crippen LogP contribution in [-0.4, -0.2) is 38.1 Å². The molecule has 0 atom stereocenters. The van der Waals surface area contributed by atoms with E-state index in [4.69, 9.17) is 9.15 Å². The molecule has 1 amide bonds. The van der Waals surface area contributed by atoms with Crippen LogP contribution < -0.4 is 15.7 Å². The molecule has 146 valence electrons. The van der Waals surface area contributed by atoms with Crippen LogP contribution >= 0.6 is 15.9 Å². The van der Waals surface area contributed by atoms with Gasteiger partial charge in [-0.15, -0.1) is 0 Å². The molecule has 0 unspecified atom stereocenters. The molecule has 0 radical (unpaired) electrons. The van der Waals surface area contributed by atoms with Crippen molar-refractivity contribution < 1.29 is 13.9 Å². The zero-order valence-corrected chi connectivity index (χ0v) is 17.3. The number of amides is 1. The largest absolute Gasteiger partial charge is 0.496 e. The van der Waals surface area contributed by atoms with E-state index in [9.17, 15) is 9.59 Å². The lowest BCUT2D eigenvalue weighted by Gasteiger charge is -2.18. The first-order valence-corrected chi connectivity index (χ1v) is 9.64. The highest BCUT2D eigenvalue weighted by atomic mass is 79.9. The third kappa shape index (κ3) is 4.54. The van der Waals surface area contributed by atoms with Gasteiger partial charge >= 0.3 is 5.63 Å². The molecule has 6 nitrogen and oxygen atoms in total. The summed E-state index contributed by atoms with van der Waals surface area (Å²) < 4.78 is 11.1. The van der Waals surface area contributed by atoms with Gasteiger partial charge in [0.2, 0.25) is 0 Å². The molecule has 0 spiro atoms. The fourth-order valence-corrected chi connectivity index (χ4v) is 3.46. The number of para-hydroxylation sites is 1. The number of carbonyl (C=O) groups excluding carboxylic acids is 1. The van der Waals surface area contributed by atoms with Crippen molar-refractivity contribution in [1.82, 2.24) is 4.90 Å². The van der Waals surface area contributed by atoms with Gasteiger partial charge in [0.05, 0.1) is 17.3 Å². The maximum absolute atomic E-state index is 12.6. The minimum Gasteiger partial charge on any atom is -0.496 e. The summed E-state index contributed by atoms with van der Waals surface area (Å²) in [6, 6.07) is 14.1. The lowest BCUT2D eigenvalue weighted by molar-refractivity contribution is 0.0794. The van der Waals surface area contributed by atoms with E-state index in [0.29, 0.717) is 30.0 Å². The number of nitrogens with zero attached hydrogens (tertiary/aromatic N) is 1. The molecule has 0 aliphatic carbocycles. The normalized spacial score (nSPS) is 10.7. The van der Waals surface area contributed by atoms with Gasteiger partial charge in [-0.1, -0.05) is 12.1 Å². The topological polar surface area (TPSA) is 71.8 Å². The number of hydrogen-bond acceptors (Lipinski definition) is 5. The van der Waals surface area contributed by atoms with Crippen LogP contribution in [0, 0.1) is 0 Å². The Kier molecular flexibility index (Phi) is 6.36. The highest BCUT2D eigenvalue weighted by Gasteiger charge is 2.13. The second-order valence-electron chi connectivity index (χ2n) is 6.33. The fourth-order valence-electron chi connectivity index (χ4n) is 2.92. The maximum atomic E-state index is 12.6. The van der Waals surface area contributed by atoms with Crippen molar-refractivity contribution in [3.05, 3.63) is 69.0 Å². The van der Waals surface area contributed by atoms with E-state index in [-0.39, 0.29) is 5.91 Å². The molecule has 0 saturated carbocycles. The maximum Gasteiger partial charge on any atom is 0.338 e. The van der Waals surface area contributed by atoms with Crippen LogP contribution in [0.2, 0.25) is 0 Å². The van der Waals surface area contributed by atoms with Crippen molar-refractivity contribution in [2.75, 3.05) is 32.6 Å². The monoisotopic (exact) mass is 444 g/mol. The quantitative estimate of drug-likeness (QED) is 0.437. The number of anilines is 1. The molecule has 0 saturated heterocycles. The van der Waals surface area contributed by atoms with Gasteiger partial charge in [-0.05, 0) is 52.7 Å². The molecule has 7 heteroatoms. The van der Waals surface area contributed by atoms with E-state index < -0.39 is 5.63 Å². The summed E-state index contributed by atoms with van der Waals surface area (Å²) in [5.41, 5.74) is 1.49. The fraction of sp³-hybridized carbons (Fsp3) is 0.238. The third-order valence-corrected chi connectivity index (χ3v) is 5.00. The van der Waals surface area contributed by atoms with Gasteiger partial charge in [-0.2, -0.15) is 0 Å². The Morgan fingerprint density at radius 3 is 2.75 bits per heavy atom. The molecule has 1 aromatic heterocycles. The number of hydrogen-bond donors (Lipinski definition) is 1. The minimum absolute atomic E-state index is 0.0610. The van der Waals surface area contributed by atoms with Gasteiger partial charge in [0, 0.05) is 37.2 Å². The SMILES string of the molecule is COc1ccc(C(=O)N(C)CCCNc2cc(=O)oc3ccccc23)cc1Br. The van der Waals surface area contributed by atoms with Crippen molar-refractivity contribution in [3.63, 3.8) is 0 Å². The number of fused-ring (bicyclic) bond motifs is 1. The minimum atomic E-state index is -0.390. The summed E-state index contributed by atoms with van der Waals surface area (Å²) in [6.07, 6.45) is 0.730. The summed E-state index contributed by atoms with van der Waals surface area (Å²) >= 11 is 3.40. The van der Waals surface area contributed by atoms with E-state index in [2.05, 4.69) is 21.2 Å². The predicted octanol–water partition coefficient (Wildman–Crippen LogP) is 4.14. The Morgan fingerprint density at radius 1 is 1.21 bits per heavy atom. The van der Waals surface area contributed by atoms with Crippen molar-refractivity contribution >= 4 is 38.5 Å². The molecule has 3 rings (SSSR count). The van der Waals surface area contributed by atoms with Gasteiger partial charge < -0.3 is 19.4 Å². The molecule has 0 aliphatic heterocycles. The molecule has 28 heavy (non-hydrogen) atoms. The Labute approximate surface area is 171 Å². The smallest absolute Gasteiger partial charge is 0.338 e. The van der Waals surface area contributed by atoms with Gasteiger partial charge in [-0.25, -0.2) is 4.79 Å². The molecule has 0 bridgehead atoms. The molecule has 0 fully saturated rings. The van der Waals surface area contributed by atoms with Crippen LogP contribution in [0.15, 0.2) is 62.2 Å². The van der Waals surface area contributed by atoms with E-state index in [1.54, 1.807) is 43.3 Å². The first kappa shape index (κ1) is 19.9. The number of carbonyl (C=O) groups is 1. The van der Waals surface area contributed by atoms with Crippen LogP contribution in [0.25, 0.3) is 11.0 Å². The number of ether oxygens (including phenoxy) is 1. The summed E-state index contributed by atoms with van der Waals surface area (Å²) in [5.74, 6) is 0.622. The summed E-state index contributed by atoms with van der Waals surface area (Å²) in [7, 11) is 3.35. The van der Waals surface area contributed by atoms with E-state index in [1.165, 1.54) is 6.07 Å². The van der Waals surface area contributed by atoms with Crippen LogP contribution in [0.3, 0.4) is 0 Å². The summed E-state index contributed by atoms with van der Waals surface area (Å²) in [4.78, 5) is 25.9. The Morgan fingerprint density at radius 2 is 2.00 bits per heavy atom. The molecular formula is C21H21BrN2O4. The first-order chi connectivity index (χ1) is 13.5. The van der Waals surface area contributed by atoms with Crippen LogP contribution in [0.4, 0.5) is 5.69 Å². The molecule has 2 aromatic carbocycles. The van der Waals surface area contributed by atoms with Crippen molar-refractivity contribution in [3.8, 4) is 5.75 Å². The highest BCUT2D eigenvalue weighted by Crippen LogP contribution is 2.26. The molecule has 3 aromatic rings. The number of halogens is 1. The molecule has 1 N–H and O–H groups in total. The van der Waals surface area contributed by atoms with Crippen molar-refractivity contribution in [1.29, 1.82) is 0 Å². The zero-order valence-electron chi connectivity index (χ0n) is 15.7. The average molecular weight is 445 g/mol. The van der Waals surface area contributed by atoms with Crippen LogP contribution in [0.1, 0.15) is 16.8 Å². The second kappa shape index (κ2) is 8.93. The number of nitrogens with one attached hydrogen (secondary N) is 1. The lowest BCUT2D eigenvalue weighted by Crippen LogP contribution is -2.28. The zero-order chi connectivity index (χ0) is 20.1. The Balaban J connectivity index is 1.57. The highest BCUT2D eigenvalue weighted by molar-refractivity contribution is 9.10. The lowest BCUT2D eigenvalue weighted by atomic mass is 10.2. The van der Waals surface area contributed by atoms with E-state index >= 15 is 0 Å². The number of rotatable bonds is 7. The predicted molar refractivity (Wildman–Crippen MR) is 113 cm³/mol. The Bertz CT molecular complexity index is 1050. The van der Waals surface area contributed by atoms with Gasteiger partial charge in [-0.3, -0.25) is 4.79 Å². The van der Waals surface area contributed by atoms with E-state index in [0.717, 1.165) is 22.0 Å². The van der Waals surface area contributed by atoms with Crippen LogP contribution in [0.5, 0.6) is 5.75 Å². The number of methoxy groups -OCH3 is 1. The van der Waals surface area contributed by atoms with Gasteiger partial charge in [0.15, 0.2) is 0 Å². The molecular weight excluding hydrogens is 424 g/mol. The summed E-state index contributed by atoms with van der Waals surface area (Å²) in [5, 5.41) is 4.12. The van der Waals surface area contributed by atoms with Crippen molar-refractivity contribution in [2.45, 2.75) is 6.42 Å². The third-order valence-electron chi connectivity index (χ3n) is 4.38. The average Bonchev–Trinajstić information content (AvgIpc) is 2.70. The standard InChI is InChI=1S/C21H21BrN2O4/c1-24(21(26)14-8-9-19(27-2)16(22)12-14)11-5-10-23-17-13-20(25)28-18-7-4-3-6-15(17)18/h3-4,6-9,12-13,23H,5,10-11H2,1-2H3. The summed E-state index contributed by atoms with van der Waals surface area (Å²) in [6.45, 7) is 1.20. The Hall–Kier alpha value is -2.80. The second-order valence-corrected chi connectivity index (χ2v) is 7.19. The molecule has 0 aliphatic rings. The number of benzene rings is 2. The van der Waals surface area contributed by atoms with Gasteiger partial charge in [0.25, 0.3) is 5.91 Å². The van der Waals surface area contributed by atoms with Crippen molar-refractivity contribution in [2.24, 2.45) is 0 Å². The van der Waals surface area contributed by atoms with Gasteiger partial charge in [0.1, 0.15) is 11.3 Å².